The van der Waals surface area contributed by atoms with Crippen molar-refractivity contribution in [1.82, 2.24) is 9.71 Å². The van der Waals surface area contributed by atoms with E-state index in [1.807, 2.05) is 62.4 Å². The molecule has 0 aliphatic carbocycles. The van der Waals surface area contributed by atoms with Gasteiger partial charge >= 0.3 is 0 Å². The average molecular weight is 466 g/mol. The number of sulfonamides is 1. The summed E-state index contributed by atoms with van der Waals surface area (Å²) in [5.41, 5.74) is 3.69. The number of nitrogens with one attached hydrogen (secondary N) is 2. The highest BCUT2D eigenvalue weighted by Gasteiger charge is 2.27. The summed E-state index contributed by atoms with van der Waals surface area (Å²) in [5, 5.41) is 3.23. The van der Waals surface area contributed by atoms with E-state index in [0.717, 1.165) is 26.9 Å². The normalized spacial score (nSPS) is 12.6. The monoisotopic (exact) mass is 465 g/mol. The van der Waals surface area contributed by atoms with Crippen LogP contribution in [0.1, 0.15) is 16.7 Å². The fourth-order valence-corrected chi connectivity index (χ4v) is 5.45. The molecule has 1 heterocycles. The number of hydrogen-bond donors (Lipinski definition) is 2. The van der Waals surface area contributed by atoms with Crippen LogP contribution in [0.4, 0.5) is 5.13 Å². The number of amides is 1. The third kappa shape index (κ3) is 5.21. The van der Waals surface area contributed by atoms with Gasteiger partial charge in [0, 0.05) is 0 Å². The summed E-state index contributed by atoms with van der Waals surface area (Å²) in [5.74, 6) is -0.458. The number of carbonyl (C=O) groups excluding carboxylic acids is 1. The van der Waals surface area contributed by atoms with Crippen molar-refractivity contribution >= 4 is 42.6 Å². The lowest BCUT2D eigenvalue weighted by molar-refractivity contribution is -0.117. The number of rotatable bonds is 7. The topological polar surface area (TPSA) is 88.2 Å². The summed E-state index contributed by atoms with van der Waals surface area (Å²) in [7, 11) is -3.89. The maximum Gasteiger partial charge on any atom is 0.244 e. The highest BCUT2D eigenvalue weighted by molar-refractivity contribution is 7.89. The maximum atomic E-state index is 13.2. The van der Waals surface area contributed by atoms with Gasteiger partial charge in [0.2, 0.25) is 15.9 Å². The summed E-state index contributed by atoms with van der Waals surface area (Å²) in [6.45, 7) is 3.88. The molecule has 32 heavy (non-hydrogen) atoms. The maximum absolute atomic E-state index is 13.2. The summed E-state index contributed by atoms with van der Waals surface area (Å²) < 4.78 is 29.5. The number of benzene rings is 3. The standard InChI is InChI=1S/C24H23N3O3S2/c1-16-8-11-19(12-9-16)32(29,30)27-21(15-18-6-4-3-5-7-18)23(28)26-24-25-20-13-10-17(2)14-22(20)31-24/h3-14,21,27H,15H2,1-2H3,(H,25,26,28). The Kier molecular flexibility index (Phi) is 6.36. The lowest BCUT2D eigenvalue weighted by atomic mass is 10.1. The Morgan fingerprint density at radius 2 is 1.66 bits per heavy atom. The first kappa shape index (κ1) is 22.1. The van der Waals surface area contributed by atoms with E-state index < -0.39 is 22.0 Å². The second-order valence-corrected chi connectivity index (χ2v) is 10.4. The van der Waals surface area contributed by atoms with Gasteiger partial charge in [0.25, 0.3) is 0 Å². The molecule has 1 aromatic heterocycles. The first-order valence-electron chi connectivity index (χ1n) is 10.1. The van der Waals surface area contributed by atoms with E-state index in [-0.39, 0.29) is 11.3 Å². The van der Waals surface area contributed by atoms with Crippen molar-refractivity contribution < 1.29 is 13.2 Å². The van der Waals surface area contributed by atoms with Crippen molar-refractivity contribution in [2.75, 3.05) is 5.32 Å². The minimum absolute atomic E-state index is 0.115. The molecule has 164 valence electrons. The zero-order valence-corrected chi connectivity index (χ0v) is 19.3. The minimum Gasteiger partial charge on any atom is -0.301 e. The Labute approximate surface area is 191 Å². The Bertz CT molecular complexity index is 1350. The van der Waals surface area contributed by atoms with Crippen molar-refractivity contribution in [1.29, 1.82) is 0 Å². The molecule has 1 unspecified atom stereocenters. The van der Waals surface area contributed by atoms with Gasteiger partial charge in [0.1, 0.15) is 6.04 Å². The number of aromatic nitrogens is 1. The van der Waals surface area contributed by atoms with E-state index in [1.165, 1.54) is 23.5 Å². The zero-order valence-electron chi connectivity index (χ0n) is 17.7. The summed E-state index contributed by atoms with van der Waals surface area (Å²) in [4.78, 5) is 17.7. The van der Waals surface area contributed by atoms with E-state index in [9.17, 15) is 13.2 Å². The highest BCUT2D eigenvalue weighted by Crippen LogP contribution is 2.27. The highest BCUT2D eigenvalue weighted by atomic mass is 32.2. The van der Waals surface area contributed by atoms with Crippen LogP contribution in [0, 0.1) is 13.8 Å². The minimum atomic E-state index is -3.89. The largest absolute Gasteiger partial charge is 0.301 e. The first-order valence-corrected chi connectivity index (χ1v) is 12.4. The van der Waals surface area contributed by atoms with Crippen LogP contribution >= 0.6 is 11.3 Å². The Morgan fingerprint density at radius 1 is 0.969 bits per heavy atom. The molecule has 6 nitrogen and oxygen atoms in total. The molecule has 2 N–H and O–H groups in total. The fourth-order valence-electron chi connectivity index (χ4n) is 3.29. The van der Waals surface area contributed by atoms with E-state index in [1.54, 1.807) is 12.1 Å². The van der Waals surface area contributed by atoms with E-state index in [0.29, 0.717) is 5.13 Å². The van der Waals surface area contributed by atoms with Crippen molar-refractivity contribution in [3.63, 3.8) is 0 Å². The van der Waals surface area contributed by atoms with Gasteiger partial charge in [-0.1, -0.05) is 65.4 Å². The van der Waals surface area contributed by atoms with E-state index in [2.05, 4.69) is 15.0 Å². The molecule has 1 atom stereocenters. The van der Waals surface area contributed by atoms with Crippen LogP contribution in [0.25, 0.3) is 10.2 Å². The van der Waals surface area contributed by atoms with Crippen LogP contribution in [0.3, 0.4) is 0 Å². The third-order valence-electron chi connectivity index (χ3n) is 5.00. The van der Waals surface area contributed by atoms with Crippen molar-refractivity contribution in [3.05, 3.63) is 89.5 Å². The molecule has 0 bridgehead atoms. The molecule has 0 spiro atoms. The molecule has 3 aromatic carbocycles. The predicted octanol–water partition coefficient (Wildman–Crippen LogP) is 4.44. The number of anilines is 1. The molecule has 4 rings (SSSR count). The molecular formula is C24H23N3O3S2. The summed E-state index contributed by atoms with van der Waals surface area (Å²) in [6.07, 6.45) is 0.210. The van der Waals surface area contributed by atoms with Crippen LogP contribution in [-0.4, -0.2) is 25.4 Å². The molecule has 0 aliphatic rings. The quantitative estimate of drug-likeness (QED) is 0.422. The third-order valence-corrected chi connectivity index (χ3v) is 7.42. The number of hydrogen-bond acceptors (Lipinski definition) is 5. The molecule has 0 saturated heterocycles. The Hall–Kier alpha value is -3.07. The second-order valence-electron chi connectivity index (χ2n) is 7.66. The molecule has 0 aliphatic heterocycles. The Balaban J connectivity index is 1.60. The summed E-state index contributed by atoms with van der Waals surface area (Å²) >= 11 is 1.36. The molecule has 4 aromatic rings. The summed E-state index contributed by atoms with van der Waals surface area (Å²) in [6, 6.07) is 20.7. The van der Waals surface area contributed by atoms with E-state index in [4.69, 9.17) is 0 Å². The predicted molar refractivity (Wildman–Crippen MR) is 128 cm³/mol. The van der Waals surface area contributed by atoms with Gasteiger partial charge in [0.05, 0.1) is 15.1 Å². The smallest absolute Gasteiger partial charge is 0.244 e. The average Bonchev–Trinajstić information content (AvgIpc) is 3.15. The van der Waals surface area contributed by atoms with Gasteiger partial charge in [-0.2, -0.15) is 4.72 Å². The fraction of sp³-hybridized carbons (Fsp3) is 0.167. The first-order chi connectivity index (χ1) is 15.3. The SMILES string of the molecule is Cc1ccc(S(=O)(=O)NC(Cc2ccccc2)C(=O)Nc2nc3ccc(C)cc3s2)cc1. The molecule has 0 radical (unpaired) electrons. The number of carbonyl (C=O) groups is 1. The van der Waals surface area contributed by atoms with Crippen LogP contribution in [0.15, 0.2) is 77.7 Å². The van der Waals surface area contributed by atoms with Crippen molar-refractivity contribution in [2.24, 2.45) is 0 Å². The van der Waals surface area contributed by atoms with Gasteiger partial charge < -0.3 is 5.32 Å². The van der Waals surface area contributed by atoms with Gasteiger partial charge in [-0.15, -0.1) is 0 Å². The number of thiazole rings is 1. The molecule has 0 saturated carbocycles. The van der Waals surface area contributed by atoms with Crippen LogP contribution in [-0.2, 0) is 21.2 Å². The van der Waals surface area contributed by atoms with Gasteiger partial charge in [-0.3, -0.25) is 4.79 Å². The lowest BCUT2D eigenvalue weighted by Gasteiger charge is -2.18. The van der Waals surface area contributed by atoms with Crippen LogP contribution < -0.4 is 10.0 Å². The van der Waals surface area contributed by atoms with Gasteiger partial charge in [0.15, 0.2) is 5.13 Å². The number of fused-ring (bicyclic) bond motifs is 1. The molecule has 0 fully saturated rings. The number of aryl methyl sites for hydroxylation is 2. The van der Waals surface area contributed by atoms with Crippen LogP contribution in [0.5, 0.6) is 0 Å². The zero-order chi connectivity index (χ0) is 22.7. The molecular weight excluding hydrogens is 442 g/mol. The molecule has 8 heteroatoms. The lowest BCUT2D eigenvalue weighted by Crippen LogP contribution is -2.45. The van der Waals surface area contributed by atoms with Crippen molar-refractivity contribution in [3.8, 4) is 0 Å². The van der Waals surface area contributed by atoms with Gasteiger partial charge in [-0.05, 0) is 55.7 Å². The van der Waals surface area contributed by atoms with Crippen molar-refractivity contribution in [2.45, 2.75) is 31.2 Å². The van der Waals surface area contributed by atoms with Gasteiger partial charge in [-0.25, -0.2) is 13.4 Å². The molecule has 1 amide bonds. The van der Waals surface area contributed by atoms with E-state index >= 15 is 0 Å². The Morgan fingerprint density at radius 3 is 2.38 bits per heavy atom. The number of nitrogens with zero attached hydrogens (tertiary/aromatic N) is 1. The van der Waals surface area contributed by atoms with Crippen LogP contribution in [0.2, 0.25) is 0 Å². The second kappa shape index (κ2) is 9.20.